The Bertz CT molecular complexity index is 101. The lowest BCUT2D eigenvalue weighted by atomic mass is 9.84. The fraction of sp³-hybridized carbons (Fsp3) is 1.00. The lowest BCUT2D eigenvalue weighted by Gasteiger charge is -2.25. The zero-order valence-electron chi connectivity index (χ0n) is 7.55. The molecule has 1 N–H and O–H groups in total. The number of unbranched alkanes of at least 4 members (excludes halogenated alkanes) is 1. The number of aliphatic hydroxyl groups excluding tert-OH is 1. The van der Waals surface area contributed by atoms with Gasteiger partial charge in [0.25, 0.3) is 0 Å². The molecule has 0 bridgehead atoms. The van der Waals surface area contributed by atoms with Crippen molar-refractivity contribution in [3.05, 3.63) is 0 Å². The molecule has 0 aromatic carbocycles. The molecule has 0 amide bonds. The molecule has 1 fully saturated rings. The van der Waals surface area contributed by atoms with Gasteiger partial charge in [-0.25, -0.2) is 0 Å². The molecule has 1 aliphatic carbocycles. The van der Waals surface area contributed by atoms with Crippen molar-refractivity contribution in [1.29, 1.82) is 0 Å². The monoisotopic (exact) mass is 156 g/mol. The number of aliphatic hydroxyl groups is 1. The van der Waals surface area contributed by atoms with Crippen LogP contribution in [0.5, 0.6) is 0 Å². The van der Waals surface area contributed by atoms with Crippen molar-refractivity contribution in [1.82, 2.24) is 0 Å². The molecular weight excluding hydrogens is 136 g/mol. The van der Waals surface area contributed by atoms with E-state index in [1.54, 1.807) is 0 Å². The summed E-state index contributed by atoms with van der Waals surface area (Å²) in [7, 11) is 0. The standard InChI is InChI=1S/C10H20O/c1-2-3-5-9-6-4-7-10(11)8-9/h9-11H,2-8H2,1H3. The molecule has 0 aromatic rings. The molecule has 1 rings (SSSR count). The highest BCUT2D eigenvalue weighted by molar-refractivity contribution is 4.71. The van der Waals surface area contributed by atoms with Crippen LogP contribution in [0.15, 0.2) is 0 Å². The van der Waals surface area contributed by atoms with Crippen LogP contribution in [0.2, 0.25) is 0 Å². The Labute approximate surface area is 69.8 Å². The minimum absolute atomic E-state index is 0.0191. The van der Waals surface area contributed by atoms with Gasteiger partial charge in [0.15, 0.2) is 0 Å². The Kier molecular flexibility index (Phi) is 3.92. The van der Waals surface area contributed by atoms with Gasteiger partial charge in [0.2, 0.25) is 0 Å². The first-order chi connectivity index (χ1) is 5.33. The summed E-state index contributed by atoms with van der Waals surface area (Å²) in [6, 6.07) is 0. The smallest absolute Gasteiger partial charge is 0.0542 e. The van der Waals surface area contributed by atoms with E-state index in [0.717, 1.165) is 18.8 Å². The second-order valence-corrected chi connectivity index (χ2v) is 3.83. The Hall–Kier alpha value is -0.0400. The molecule has 0 aliphatic heterocycles. The first-order valence-corrected chi connectivity index (χ1v) is 5.01. The predicted molar refractivity (Wildman–Crippen MR) is 47.5 cm³/mol. The molecule has 0 radical (unpaired) electrons. The molecule has 2 atom stereocenters. The molecule has 0 heterocycles. The minimum atomic E-state index is 0.0191. The Morgan fingerprint density at radius 3 is 2.82 bits per heavy atom. The molecule has 1 aliphatic rings. The minimum Gasteiger partial charge on any atom is -0.393 e. The molecule has 66 valence electrons. The zero-order valence-corrected chi connectivity index (χ0v) is 7.55. The summed E-state index contributed by atoms with van der Waals surface area (Å²) in [5, 5.41) is 9.38. The number of hydrogen-bond donors (Lipinski definition) is 1. The normalized spacial score (nSPS) is 32.2. The Morgan fingerprint density at radius 2 is 2.18 bits per heavy atom. The summed E-state index contributed by atoms with van der Waals surface area (Å²) < 4.78 is 0. The van der Waals surface area contributed by atoms with E-state index in [2.05, 4.69) is 6.92 Å². The van der Waals surface area contributed by atoms with Gasteiger partial charge in [-0.3, -0.25) is 0 Å². The van der Waals surface area contributed by atoms with E-state index in [9.17, 15) is 5.11 Å². The fourth-order valence-electron chi connectivity index (χ4n) is 2.02. The first kappa shape index (κ1) is 9.05. The summed E-state index contributed by atoms with van der Waals surface area (Å²) in [5.41, 5.74) is 0. The topological polar surface area (TPSA) is 20.2 Å². The summed E-state index contributed by atoms with van der Waals surface area (Å²) in [6.07, 6.45) is 8.72. The van der Waals surface area contributed by atoms with Gasteiger partial charge in [0.1, 0.15) is 0 Å². The van der Waals surface area contributed by atoms with Crippen LogP contribution in [-0.4, -0.2) is 11.2 Å². The largest absolute Gasteiger partial charge is 0.393 e. The van der Waals surface area contributed by atoms with E-state index in [-0.39, 0.29) is 6.10 Å². The highest BCUT2D eigenvalue weighted by Gasteiger charge is 2.18. The Balaban J connectivity index is 2.12. The first-order valence-electron chi connectivity index (χ1n) is 5.01. The van der Waals surface area contributed by atoms with Crippen molar-refractivity contribution >= 4 is 0 Å². The molecule has 0 spiro atoms. The molecule has 2 unspecified atom stereocenters. The highest BCUT2D eigenvalue weighted by atomic mass is 16.3. The van der Waals surface area contributed by atoms with Gasteiger partial charge in [0, 0.05) is 0 Å². The predicted octanol–water partition coefficient (Wildman–Crippen LogP) is 2.73. The quantitative estimate of drug-likeness (QED) is 0.666. The van der Waals surface area contributed by atoms with Gasteiger partial charge in [-0.2, -0.15) is 0 Å². The summed E-state index contributed by atoms with van der Waals surface area (Å²) >= 11 is 0. The molecular formula is C10H20O. The molecule has 1 nitrogen and oxygen atoms in total. The Morgan fingerprint density at radius 1 is 1.36 bits per heavy atom. The zero-order chi connectivity index (χ0) is 8.10. The average Bonchev–Trinajstić information content (AvgIpc) is 2.01. The van der Waals surface area contributed by atoms with Crippen molar-refractivity contribution in [2.45, 2.75) is 58.0 Å². The molecule has 1 saturated carbocycles. The maximum atomic E-state index is 9.38. The molecule has 11 heavy (non-hydrogen) atoms. The van der Waals surface area contributed by atoms with Crippen LogP contribution in [0.4, 0.5) is 0 Å². The molecule has 0 saturated heterocycles. The number of hydrogen-bond acceptors (Lipinski definition) is 1. The van der Waals surface area contributed by atoms with Crippen molar-refractivity contribution < 1.29 is 5.11 Å². The second-order valence-electron chi connectivity index (χ2n) is 3.83. The van der Waals surface area contributed by atoms with E-state index in [4.69, 9.17) is 0 Å². The van der Waals surface area contributed by atoms with Crippen molar-refractivity contribution in [2.24, 2.45) is 5.92 Å². The van der Waals surface area contributed by atoms with E-state index >= 15 is 0 Å². The van der Waals surface area contributed by atoms with Gasteiger partial charge in [-0.1, -0.05) is 39.0 Å². The molecule has 0 aromatic heterocycles. The van der Waals surface area contributed by atoms with Crippen LogP contribution in [0.25, 0.3) is 0 Å². The van der Waals surface area contributed by atoms with Gasteiger partial charge in [-0.15, -0.1) is 0 Å². The summed E-state index contributed by atoms with van der Waals surface area (Å²) in [6.45, 7) is 2.24. The van der Waals surface area contributed by atoms with Crippen molar-refractivity contribution in [3.8, 4) is 0 Å². The van der Waals surface area contributed by atoms with Crippen LogP contribution in [-0.2, 0) is 0 Å². The summed E-state index contributed by atoms with van der Waals surface area (Å²) in [4.78, 5) is 0. The van der Waals surface area contributed by atoms with Crippen molar-refractivity contribution in [2.75, 3.05) is 0 Å². The van der Waals surface area contributed by atoms with E-state index in [1.165, 1.54) is 32.1 Å². The van der Waals surface area contributed by atoms with E-state index in [1.807, 2.05) is 0 Å². The third-order valence-electron chi connectivity index (χ3n) is 2.72. The maximum Gasteiger partial charge on any atom is 0.0542 e. The molecule has 1 heteroatoms. The fourth-order valence-corrected chi connectivity index (χ4v) is 2.02. The van der Waals surface area contributed by atoms with E-state index in [0.29, 0.717) is 0 Å². The van der Waals surface area contributed by atoms with Crippen LogP contribution in [0, 0.1) is 5.92 Å². The third-order valence-corrected chi connectivity index (χ3v) is 2.72. The summed E-state index contributed by atoms with van der Waals surface area (Å²) in [5.74, 6) is 0.832. The van der Waals surface area contributed by atoms with Crippen LogP contribution in [0.3, 0.4) is 0 Å². The SMILES string of the molecule is CCCCC1CCCC(O)C1. The second kappa shape index (κ2) is 4.76. The maximum absolute atomic E-state index is 9.38. The number of rotatable bonds is 3. The lowest BCUT2D eigenvalue weighted by molar-refractivity contribution is 0.0975. The van der Waals surface area contributed by atoms with Gasteiger partial charge < -0.3 is 5.11 Å². The average molecular weight is 156 g/mol. The van der Waals surface area contributed by atoms with E-state index < -0.39 is 0 Å². The highest BCUT2D eigenvalue weighted by Crippen LogP contribution is 2.27. The van der Waals surface area contributed by atoms with Gasteiger partial charge >= 0.3 is 0 Å². The van der Waals surface area contributed by atoms with Crippen LogP contribution >= 0.6 is 0 Å². The van der Waals surface area contributed by atoms with Crippen molar-refractivity contribution in [3.63, 3.8) is 0 Å². The lowest BCUT2D eigenvalue weighted by Crippen LogP contribution is -2.19. The van der Waals surface area contributed by atoms with Crippen LogP contribution in [0.1, 0.15) is 51.9 Å². The third kappa shape index (κ3) is 3.24. The van der Waals surface area contributed by atoms with Gasteiger partial charge in [0.05, 0.1) is 6.10 Å². The van der Waals surface area contributed by atoms with Crippen LogP contribution < -0.4 is 0 Å². The van der Waals surface area contributed by atoms with Gasteiger partial charge in [-0.05, 0) is 18.8 Å².